The van der Waals surface area contributed by atoms with Gasteiger partial charge in [0, 0.05) is 5.56 Å². The van der Waals surface area contributed by atoms with Gasteiger partial charge in [-0.15, -0.1) is 0 Å². The van der Waals surface area contributed by atoms with Crippen molar-refractivity contribution >= 4 is 17.7 Å². The van der Waals surface area contributed by atoms with Crippen LogP contribution in [0.1, 0.15) is 58.3 Å². The number of Topliss-reactive ketones (excluding diaryl/α,β-unsaturated/α-hetero) is 1. The number of carbonyl (C=O) groups excluding carboxylic acids is 3. The number of imide groups is 1. The Hall–Kier alpha value is -2.95. The lowest BCUT2D eigenvalue weighted by Gasteiger charge is -2.33. The summed E-state index contributed by atoms with van der Waals surface area (Å²) in [6, 6.07) is 13.1. The lowest BCUT2D eigenvalue weighted by atomic mass is 9.76. The van der Waals surface area contributed by atoms with Crippen LogP contribution in [0.5, 0.6) is 0 Å². The van der Waals surface area contributed by atoms with Gasteiger partial charge in [-0.2, -0.15) is 0 Å². The van der Waals surface area contributed by atoms with Crippen molar-refractivity contribution in [2.24, 2.45) is 0 Å². The molecule has 1 atom stereocenters. The Labute approximate surface area is 170 Å². The van der Waals surface area contributed by atoms with E-state index in [0.29, 0.717) is 12.0 Å². The number of hydrogen-bond acceptors (Lipinski definition) is 3. The van der Waals surface area contributed by atoms with Crippen LogP contribution < -0.4 is 5.32 Å². The lowest BCUT2D eigenvalue weighted by molar-refractivity contribution is -0.131. The minimum atomic E-state index is -1.03. The number of rotatable bonds is 3. The number of nitrogens with zero attached hydrogens (tertiary/aromatic N) is 1. The molecule has 0 radical (unpaired) electrons. The van der Waals surface area contributed by atoms with Crippen LogP contribution >= 0.6 is 0 Å². The van der Waals surface area contributed by atoms with Gasteiger partial charge in [0.1, 0.15) is 5.54 Å². The van der Waals surface area contributed by atoms with Crippen LogP contribution in [-0.4, -0.2) is 29.2 Å². The van der Waals surface area contributed by atoms with Crippen LogP contribution in [0.4, 0.5) is 4.79 Å². The van der Waals surface area contributed by atoms with Crippen LogP contribution in [0.3, 0.4) is 0 Å². The molecular weight excluding hydrogens is 364 g/mol. The SMILES string of the molecule is O=C(CN1C(=O)NC2(CCCc3ccccc32)C1=O)c1ccc2c(c1)CCCC2. The van der Waals surface area contributed by atoms with Crippen molar-refractivity contribution < 1.29 is 14.4 Å². The Morgan fingerprint density at radius 3 is 2.55 bits per heavy atom. The van der Waals surface area contributed by atoms with Gasteiger partial charge < -0.3 is 5.32 Å². The molecule has 3 aliphatic rings. The molecule has 29 heavy (non-hydrogen) atoms. The van der Waals surface area contributed by atoms with E-state index in [1.54, 1.807) is 0 Å². The van der Waals surface area contributed by atoms with Gasteiger partial charge in [-0.3, -0.25) is 14.5 Å². The molecule has 1 fully saturated rings. The van der Waals surface area contributed by atoms with E-state index in [0.717, 1.165) is 48.1 Å². The normalized spacial score (nSPS) is 23.0. The minimum absolute atomic E-state index is 0.192. The summed E-state index contributed by atoms with van der Waals surface area (Å²) in [5.74, 6) is -0.496. The number of nitrogens with one attached hydrogen (secondary N) is 1. The van der Waals surface area contributed by atoms with Crippen LogP contribution in [0, 0.1) is 0 Å². The van der Waals surface area contributed by atoms with E-state index < -0.39 is 11.6 Å². The van der Waals surface area contributed by atoms with E-state index >= 15 is 0 Å². The highest BCUT2D eigenvalue weighted by Crippen LogP contribution is 2.39. The molecule has 0 bridgehead atoms. The molecule has 5 heteroatoms. The van der Waals surface area contributed by atoms with Gasteiger partial charge in [0.25, 0.3) is 5.91 Å². The molecule has 2 aromatic rings. The molecule has 1 heterocycles. The summed E-state index contributed by atoms with van der Waals surface area (Å²) >= 11 is 0. The molecule has 1 unspecified atom stereocenters. The molecule has 1 spiro atoms. The van der Waals surface area contributed by atoms with Gasteiger partial charge in [0.05, 0.1) is 6.54 Å². The number of fused-ring (bicyclic) bond motifs is 3. The standard InChI is InChI=1S/C24H24N2O3/c27-21(19-12-11-16-6-1-2-8-18(16)14-19)15-26-22(28)24(25-23(26)29)13-5-9-17-7-3-4-10-20(17)24/h3-4,7,10-12,14H,1-2,5-6,8-9,13,15H2,(H,25,29). The number of benzene rings is 2. The molecule has 1 N–H and O–H groups in total. The Bertz CT molecular complexity index is 1030. The summed E-state index contributed by atoms with van der Waals surface area (Å²) in [4.78, 5) is 40.1. The molecule has 0 aromatic heterocycles. The second-order valence-electron chi connectivity index (χ2n) is 8.35. The van der Waals surface area contributed by atoms with E-state index in [9.17, 15) is 14.4 Å². The van der Waals surface area contributed by atoms with E-state index in [1.807, 2.05) is 42.5 Å². The largest absolute Gasteiger partial charge is 0.325 e. The fourth-order valence-electron chi connectivity index (χ4n) is 5.10. The van der Waals surface area contributed by atoms with Gasteiger partial charge in [0.2, 0.25) is 0 Å². The first-order valence-corrected chi connectivity index (χ1v) is 10.5. The van der Waals surface area contributed by atoms with Crippen molar-refractivity contribution in [1.82, 2.24) is 10.2 Å². The molecule has 148 valence electrons. The highest BCUT2D eigenvalue weighted by Gasteiger charge is 2.54. The highest BCUT2D eigenvalue weighted by molar-refractivity contribution is 6.11. The van der Waals surface area contributed by atoms with Crippen molar-refractivity contribution in [3.05, 3.63) is 70.3 Å². The third-order valence-electron chi connectivity index (χ3n) is 6.62. The average Bonchev–Trinajstić information content (AvgIpc) is 2.98. The number of amides is 3. The fourth-order valence-corrected chi connectivity index (χ4v) is 5.10. The topological polar surface area (TPSA) is 66.5 Å². The summed E-state index contributed by atoms with van der Waals surface area (Å²) in [5.41, 5.74) is 4.04. The van der Waals surface area contributed by atoms with E-state index in [-0.39, 0.29) is 18.2 Å². The third kappa shape index (κ3) is 2.87. The Balaban J connectivity index is 1.41. The highest BCUT2D eigenvalue weighted by atomic mass is 16.2. The Morgan fingerprint density at radius 1 is 0.931 bits per heavy atom. The number of aryl methyl sites for hydroxylation is 3. The summed E-state index contributed by atoms with van der Waals surface area (Å²) < 4.78 is 0. The number of ketones is 1. The predicted molar refractivity (Wildman–Crippen MR) is 109 cm³/mol. The molecule has 1 aliphatic heterocycles. The first-order chi connectivity index (χ1) is 14.1. The minimum Gasteiger partial charge on any atom is -0.319 e. The maximum absolute atomic E-state index is 13.3. The number of hydrogen-bond donors (Lipinski definition) is 1. The zero-order valence-electron chi connectivity index (χ0n) is 16.4. The van der Waals surface area contributed by atoms with Crippen molar-refractivity contribution in [1.29, 1.82) is 0 Å². The summed E-state index contributed by atoms with van der Waals surface area (Å²) in [7, 11) is 0. The zero-order chi connectivity index (χ0) is 20.0. The maximum Gasteiger partial charge on any atom is 0.325 e. The average molecular weight is 388 g/mol. The van der Waals surface area contributed by atoms with Gasteiger partial charge in [0.15, 0.2) is 5.78 Å². The molecule has 2 aromatic carbocycles. The van der Waals surface area contributed by atoms with Gasteiger partial charge >= 0.3 is 6.03 Å². The molecular formula is C24H24N2O3. The van der Waals surface area contributed by atoms with Crippen molar-refractivity contribution in [2.45, 2.75) is 50.5 Å². The predicted octanol–water partition coefficient (Wildman–Crippen LogP) is 3.53. The molecule has 0 saturated carbocycles. The number of urea groups is 1. The first kappa shape index (κ1) is 18.1. The molecule has 5 nitrogen and oxygen atoms in total. The van der Waals surface area contributed by atoms with Gasteiger partial charge in [-0.05, 0) is 73.3 Å². The molecule has 2 aliphatic carbocycles. The van der Waals surface area contributed by atoms with E-state index in [2.05, 4.69) is 5.32 Å². The Kier molecular flexibility index (Phi) is 4.26. The van der Waals surface area contributed by atoms with Gasteiger partial charge in [-0.1, -0.05) is 36.4 Å². The third-order valence-corrected chi connectivity index (χ3v) is 6.62. The van der Waals surface area contributed by atoms with E-state index in [4.69, 9.17) is 0 Å². The monoisotopic (exact) mass is 388 g/mol. The smallest absolute Gasteiger partial charge is 0.319 e. The first-order valence-electron chi connectivity index (χ1n) is 10.5. The van der Waals surface area contributed by atoms with Crippen molar-refractivity contribution in [2.75, 3.05) is 6.54 Å². The summed E-state index contributed by atoms with van der Waals surface area (Å²) in [6.45, 7) is -0.215. The molecule has 1 saturated heterocycles. The molecule has 3 amide bonds. The summed E-state index contributed by atoms with van der Waals surface area (Å²) in [6.07, 6.45) is 6.66. The lowest BCUT2D eigenvalue weighted by Crippen LogP contribution is -2.46. The zero-order valence-corrected chi connectivity index (χ0v) is 16.4. The van der Waals surface area contributed by atoms with Crippen LogP contribution in [0.25, 0.3) is 0 Å². The fraction of sp³-hybridized carbons (Fsp3) is 0.375. The molecule has 5 rings (SSSR count). The second-order valence-corrected chi connectivity index (χ2v) is 8.35. The second kappa shape index (κ2) is 6.83. The maximum atomic E-state index is 13.3. The van der Waals surface area contributed by atoms with Crippen LogP contribution in [0.15, 0.2) is 42.5 Å². The number of carbonyl (C=O) groups is 3. The van der Waals surface area contributed by atoms with E-state index in [1.165, 1.54) is 17.5 Å². The van der Waals surface area contributed by atoms with Gasteiger partial charge in [-0.25, -0.2) is 4.79 Å². The quantitative estimate of drug-likeness (QED) is 0.646. The van der Waals surface area contributed by atoms with Crippen molar-refractivity contribution in [3.63, 3.8) is 0 Å². The van der Waals surface area contributed by atoms with Crippen LogP contribution in [-0.2, 0) is 29.6 Å². The van der Waals surface area contributed by atoms with Crippen LogP contribution in [0.2, 0.25) is 0 Å². The Morgan fingerprint density at radius 2 is 1.69 bits per heavy atom. The summed E-state index contributed by atoms with van der Waals surface area (Å²) in [5, 5.41) is 2.92. The van der Waals surface area contributed by atoms with Crippen molar-refractivity contribution in [3.8, 4) is 0 Å².